The number of aromatic nitrogens is 1. The first kappa shape index (κ1) is 15.8. The number of oxazole rings is 1. The molecule has 1 N–H and O–H groups in total. The summed E-state index contributed by atoms with van der Waals surface area (Å²) in [6.07, 6.45) is -3.33. The van der Waals surface area contributed by atoms with Gasteiger partial charge in [0.15, 0.2) is 5.89 Å². The number of hydrogen-bond acceptors (Lipinski definition) is 4. The minimum atomic E-state index is -4.24. The molecule has 1 saturated carbocycles. The van der Waals surface area contributed by atoms with E-state index in [4.69, 9.17) is 14.3 Å². The summed E-state index contributed by atoms with van der Waals surface area (Å²) < 4.78 is 48.4. The molecule has 0 bridgehead atoms. The Hall–Kier alpha value is -1.57. The molecular formula is C13H16F3NO4. The third-order valence-corrected chi connectivity index (χ3v) is 3.68. The number of alkyl halides is 3. The van der Waals surface area contributed by atoms with Crippen molar-refractivity contribution in [1.29, 1.82) is 0 Å². The van der Waals surface area contributed by atoms with Gasteiger partial charge in [0.05, 0.1) is 12.5 Å². The highest BCUT2D eigenvalue weighted by atomic mass is 19.4. The average molecular weight is 307 g/mol. The fourth-order valence-electron chi connectivity index (χ4n) is 2.66. The zero-order chi connectivity index (χ0) is 15.6. The predicted molar refractivity (Wildman–Crippen MR) is 64.9 cm³/mol. The summed E-state index contributed by atoms with van der Waals surface area (Å²) >= 11 is 0. The van der Waals surface area contributed by atoms with Gasteiger partial charge < -0.3 is 14.3 Å². The number of rotatable bonds is 4. The van der Waals surface area contributed by atoms with E-state index in [9.17, 15) is 18.0 Å². The molecule has 0 saturated heterocycles. The van der Waals surface area contributed by atoms with Gasteiger partial charge in [-0.05, 0) is 19.3 Å². The number of carboxylic acid groups (broad SMARTS) is 1. The van der Waals surface area contributed by atoms with E-state index >= 15 is 0 Å². The van der Waals surface area contributed by atoms with Gasteiger partial charge in [0.2, 0.25) is 5.76 Å². The van der Waals surface area contributed by atoms with Crippen LogP contribution < -0.4 is 0 Å². The summed E-state index contributed by atoms with van der Waals surface area (Å²) in [7, 11) is 1.38. The molecule has 1 heterocycles. The lowest BCUT2D eigenvalue weighted by atomic mass is 9.81. The lowest BCUT2D eigenvalue weighted by Gasteiger charge is -2.28. The van der Waals surface area contributed by atoms with Crippen LogP contribution in [0.2, 0.25) is 0 Å². The maximum Gasteiger partial charge on any atom is 0.391 e. The monoisotopic (exact) mass is 307 g/mol. The van der Waals surface area contributed by atoms with Gasteiger partial charge in [-0.3, -0.25) is 0 Å². The van der Waals surface area contributed by atoms with Gasteiger partial charge in [0.25, 0.3) is 0 Å². The molecule has 2 atom stereocenters. The largest absolute Gasteiger partial charge is 0.475 e. The van der Waals surface area contributed by atoms with Crippen molar-refractivity contribution < 1.29 is 32.2 Å². The van der Waals surface area contributed by atoms with E-state index in [1.54, 1.807) is 0 Å². The molecule has 1 aromatic heterocycles. The molecule has 2 unspecified atom stereocenters. The molecule has 0 aromatic carbocycles. The van der Waals surface area contributed by atoms with Crippen LogP contribution in [-0.2, 0) is 11.3 Å². The molecule has 5 nitrogen and oxygen atoms in total. The van der Waals surface area contributed by atoms with E-state index in [1.807, 2.05) is 0 Å². The number of ether oxygens (including phenoxy) is 1. The van der Waals surface area contributed by atoms with Gasteiger partial charge in [-0.1, -0.05) is 6.42 Å². The number of aromatic carboxylic acids is 1. The van der Waals surface area contributed by atoms with E-state index < -0.39 is 24.0 Å². The van der Waals surface area contributed by atoms with Crippen LogP contribution in [0, 0.1) is 5.92 Å². The summed E-state index contributed by atoms with van der Waals surface area (Å²) in [4.78, 5) is 15.1. The van der Waals surface area contributed by atoms with Crippen LogP contribution in [-0.4, -0.2) is 29.3 Å². The van der Waals surface area contributed by atoms with Crippen LogP contribution in [0.4, 0.5) is 13.2 Å². The molecule has 8 heteroatoms. The first-order chi connectivity index (χ1) is 9.82. The van der Waals surface area contributed by atoms with Crippen molar-refractivity contribution in [1.82, 2.24) is 4.98 Å². The zero-order valence-electron chi connectivity index (χ0n) is 11.4. The summed E-state index contributed by atoms with van der Waals surface area (Å²) in [6.45, 7) is -0.0550. The molecule has 2 rings (SSSR count). The summed E-state index contributed by atoms with van der Waals surface area (Å²) in [5.41, 5.74) is 0.106. The Kier molecular flexibility index (Phi) is 4.55. The van der Waals surface area contributed by atoms with Crippen LogP contribution >= 0.6 is 0 Å². The van der Waals surface area contributed by atoms with Gasteiger partial charge in [0.1, 0.15) is 5.69 Å². The Labute approximate surface area is 119 Å². The van der Waals surface area contributed by atoms with Crippen molar-refractivity contribution in [3.8, 4) is 0 Å². The molecule has 1 aromatic rings. The predicted octanol–water partition coefficient (Wildman–Crippen LogP) is 3.36. The number of nitrogens with zero attached hydrogens (tertiary/aromatic N) is 1. The highest BCUT2D eigenvalue weighted by molar-refractivity contribution is 5.85. The fraction of sp³-hybridized carbons (Fsp3) is 0.692. The van der Waals surface area contributed by atoms with Crippen LogP contribution in [0.1, 0.15) is 53.7 Å². The van der Waals surface area contributed by atoms with E-state index in [-0.39, 0.29) is 36.8 Å². The molecule has 1 fully saturated rings. The van der Waals surface area contributed by atoms with Crippen molar-refractivity contribution in [3.63, 3.8) is 0 Å². The Morgan fingerprint density at radius 3 is 2.76 bits per heavy atom. The highest BCUT2D eigenvalue weighted by Gasteiger charge is 2.43. The number of carbonyl (C=O) groups is 1. The molecule has 118 valence electrons. The average Bonchev–Trinajstić information content (AvgIpc) is 2.83. The molecular weight excluding hydrogens is 291 g/mol. The number of methoxy groups -OCH3 is 1. The first-order valence-electron chi connectivity index (χ1n) is 6.61. The van der Waals surface area contributed by atoms with Gasteiger partial charge >= 0.3 is 12.1 Å². The van der Waals surface area contributed by atoms with E-state index in [0.29, 0.717) is 12.8 Å². The SMILES string of the molecule is COCc1nc(C2CCCC(C(F)(F)F)C2)oc1C(=O)O. The maximum atomic E-state index is 12.8. The smallest absolute Gasteiger partial charge is 0.391 e. The minimum absolute atomic E-state index is 0.0550. The van der Waals surface area contributed by atoms with Crippen molar-refractivity contribution in [2.45, 2.75) is 44.4 Å². The number of halogens is 3. The normalized spacial score (nSPS) is 23.2. The summed E-state index contributed by atoms with van der Waals surface area (Å²) in [5, 5.41) is 9.02. The van der Waals surface area contributed by atoms with Gasteiger partial charge in [-0.25, -0.2) is 9.78 Å². The first-order valence-corrected chi connectivity index (χ1v) is 6.61. The molecule has 21 heavy (non-hydrogen) atoms. The second kappa shape index (κ2) is 6.05. The van der Waals surface area contributed by atoms with Gasteiger partial charge in [-0.15, -0.1) is 0 Å². The molecule has 0 spiro atoms. The fourth-order valence-corrected chi connectivity index (χ4v) is 2.66. The summed E-state index contributed by atoms with van der Waals surface area (Å²) in [6, 6.07) is 0. The minimum Gasteiger partial charge on any atom is -0.475 e. The third-order valence-electron chi connectivity index (χ3n) is 3.68. The Balaban J connectivity index is 2.21. The molecule has 1 aliphatic rings. The quantitative estimate of drug-likeness (QED) is 0.923. The lowest BCUT2D eigenvalue weighted by molar-refractivity contribution is -0.183. The molecule has 0 amide bonds. The summed E-state index contributed by atoms with van der Waals surface area (Å²) in [5.74, 6) is -3.49. The Bertz CT molecular complexity index is 512. The van der Waals surface area contributed by atoms with E-state index in [1.165, 1.54) is 7.11 Å². The molecule has 0 aliphatic heterocycles. The maximum absolute atomic E-state index is 12.8. The van der Waals surface area contributed by atoms with Crippen LogP contribution in [0.15, 0.2) is 4.42 Å². The topological polar surface area (TPSA) is 72.6 Å². The van der Waals surface area contributed by atoms with Crippen LogP contribution in [0.3, 0.4) is 0 Å². The zero-order valence-corrected chi connectivity index (χ0v) is 11.4. The lowest BCUT2D eigenvalue weighted by Crippen LogP contribution is -2.28. The Morgan fingerprint density at radius 1 is 1.48 bits per heavy atom. The second-order valence-electron chi connectivity index (χ2n) is 5.17. The van der Waals surface area contributed by atoms with Crippen molar-refractivity contribution in [2.24, 2.45) is 5.92 Å². The van der Waals surface area contributed by atoms with E-state index in [2.05, 4.69) is 4.98 Å². The van der Waals surface area contributed by atoms with Gasteiger partial charge in [-0.2, -0.15) is 13.2 Å². The molecule has 1 aliphatic carbocycles. The Morgan fingerprint density at radius 2 is 2.19 bits per heavy atom. The van der Waals surface area contributed by atoms with Crippen molar-refractivity contribution in [3.05, 3.63) is 17.3 Å². The number of carboxylic acids is 1. The molecule has 0 radical (unpaired) electrons. The van der Waals surface area contributed by atoms with Crippen LogP contribution in [0.5, 0.6) is 0 Å². The second-order valence-corrected chi connectivity index (χ2v) is 5.17. The van der Waals surface area contributed by atoms with Crippen molar-refractivity contribution >= 4 is 5.97 Å². The standard InChI is InChI=1S/C13H16F3NO4/c1-20-6-9-10(12(18)19)21-11(17-9)7-3-2-4-8(5-7)13(14,15)16/h7-8H,2-6H2,1H3,(H,18,19). The van der Waals surface area contributed by atoms with Crippen LogP contribution in [0.25, 0.3) is 0 Å². The van der Waals surface area contributed by atoms with Gasteiger partial charge in [0, 0.05) is 13.0 Å². The van der Waals surface area contributed by atoms with Crippen molar-refractivity contribution in [2.75, 3.05) is 7.11 Å². The highest BCUT2D eigenvalue weighted by Crippen LogP contribution is 2.43. The third kappa shape index (κ3) is 3.55. The number of hydrogen-bond donors (Lipinski definition) is 1. The van der Waals surface area contributed by atoms with E-state index in [0.717, 1.165) is 0 Å².